The summed E-state index contributed by atoms with van der Waals surface area (Å²) in [5.74, 6) is 0.413. The Hall–Kier alpha value is -1.28. The number of hydrogen-bond acceptors (Lipinski definition) is 2. The molecule has 1 unspecified atom stereocenters. The number of hydrogen-bond donors (Lipinski definition) is 2. The Morgan fingerprint density at radius 1 is 0.778 bits per heavy atom. The van der Waals surface area contributed by atoms with Crippen molar-refractivity contribution in [3.8, 4) is 5.75 Å². The van der Waals surface area contributed by atoms with Crippen LogP contribution in [-0.4, -0.2) is 11.7 Å². The fourth-order valence-corrected chi connectivity index (χ4v) is 4.10. The molecule has 27 heavy (non-hydrogen) atoms. The van der Waals surface area contributed by atoms with E-state index in [1.165, 1.54) is 89.9 Å². The number of unbranched alkanes of at least 4 members (excludes halogenated alkanes) is 13. The van der Waals surface area contributed by atoms with Gasteiger partial charge >= 0.3 is 0 Å². The van der Waals surface area contributed by atoms with Gasteiger partial charge in [0.2, 0.25) is 0 Å². The van der Waals surface area contributed by atoms with Crippen LogP contribution in [0.15, 0.2) is 24.3 Å². The Morgan fingerprint density at radius 3 is 1.93 bits per heavy atom. The zero-order chi connectivity index (χ0) is 19.2. The molecule has 0 aromatic heterocycles. The van der Waals surface area contributed by atoms with E-state index in [0.717, 1.165) is 17.7 Å². The van der Waals surface area contributed by atoms with E-state index < -0.39 is 0 Å². The summed E-state index contributed by atoms with van der Waals surface area (Å²) in [5.41, 5.74) is 2.19. The predicted molar refractivity (Wildman–Crippen MR) is 118 cm³/mol. The van der Waals surface area contributed by atoms with Crippen LogP contribution in [0.4, 0.5) is 0 Å². The van der Waals surface area contributed by atoms with Crippen LogP contribution in [0.2, 0.25) is 0 Å². The molecular formula is C25H41NO. The van der Waals surface area contributed by atoms with Gasteiger partial charge in [0.1, 0.15) is 5.75 Å². The lowest BCUT2D eigenvalue weighted by atomic mass is 10.0. The average molecular weight is 372 g/mol. The van der Waals surface area contributed by atoms with Crippen molar-refractivity contribution in [2.75, 3.05) is 6.54 Å². The molecule has 0 radical (unpaired) electrons. The van der Waals surface area contributed by atoms with E-state index in [1.54, 1.807) is 6.07 Å². The first kappa shape index (κ1) is 22.0. The van der Waals surface area contributed by atoms with E-state index in [2.05, 4.69) is 30.5 Å². The quantitative estimate of drug-likeness (QED) is 0.294. The van der Waals surface area contributed by atoms with E-state index in [-0.39, 0.29) is 6.04 Å². The van der Waals surface area contributed by atoms with E-state index in [4.69, 9.17) is 0 Å². The monoisotopic (exact) mass is 371 g/mol. The van der Waals surface area contributed by atoms with Crippen LogP contribution in [0.5, 0.6) is 5.75 Å². The van der Waals surface area contributed by atoms with Gasteiger partial charge in [0.05, 0.1) is 6.04 Å². The highest BCUT2D eigenvalue weighted by molar-refractivity contribution is 5.65. The SMILES string of the molecule is CCCCCCCCCCCCCCCCNC1C=Cc2cccc(O)c21. The maximum absolute atomic E-state index is 10.0. The highest BCUT2D eigenvalue weighted by Gasteiger charge is 2.19. The molecule has 2 heteroatoms. The third-order valence-electron chi connectivity index (χ3n) is 5.79. The lowest BCUT2D eigenvalue weighted by Gasteiger charge is -2.14. The summed E-state index contributed by atoms with van der Waals surface area (Å²) in [6.07, 6.45) is 23.8. The Kier molecular flexibility index (Phi) is 11.3. The summed E-state index contributed by atoms with van der Waals surface area (Å²) in [6, 6.07) is 5.95. The first-order valence-corrected chi connectivity index (χ1v) is 11.6. The number of rotatable bonds is 16. The van der Waals surface area contributed by atoms with E-state index in [9.17, 15) is 5.11 Å². The van der Waals surface area contributed by atoms with Crippen LogP contribution >= 0.6 is 0 Å². The second kappa shape index (κ2) is 13.8. The Morgan fingerprint density at radius 2 is 1.33 bits per heavy atom. The van der Waals surface area contributed by atoms with Crippen LogP contribution in [0, 0.1) is 0 Å². The molecule has 1 aliphatic rings. The molecule has 0 aliphatic heterocycles. The highest BCUT2D eigenvalue weighted by atomic mass is 16.3. The van der Waals surface area contributed by atoms with Crippen LogP contribution < -0.4 is 5.32 Å². The molecule has 0 heterocycles. The summed E-state index contributed by atoms with van der Waals surface area (Å²) in [5, 5.41) is 13.6. The van der Waals surface area contributed by atoms with Crippen molar-refractivity contribution in [2.45, 2.75) is 103 Å². The molecule has 0 amide bonds. The van der Waals surface area contributed by atoms with Gasteiger partial charge in [-0.25, -0.2) is 0 Å². The molecule has 0 spiro atoms. The fraction of sp³-hybridized carbons (Fsp3) is 0.680. The summed E-state index contributed by atoms with van der Waals surface area (Å²) in [7, 11) is 0. The smallest absolute Gasteiger partial charge is 0.121 e. The molecule has 2 rings (SSSR count). The average Bonchev–Trinajstić information content (AvgIpc) is 3.09. The third-order valence-corrected chi connectivity index (χ3v) is 5.79. The molecule has 152 valence electrons. The fourth-order valence-electron chi connectivity index (χ4n) is 4.10. The summed E-state index contributed by atoms with van der Waals surface area (Å²) in [6.45, 7) is 3.31. The van der Waals surface area contributed by atoms with Crippen molar-refractivity contribution < 1.29 is 5.11 Å². The standard InChI is InChI=1S/C25H41NO/c1-2-3-4-5-6-7-8-9-10-11-12-13-14-15-21-26-23-20-19-22-17-16-18-24(27)25(22)23/h16-20,23,26-27H,2-15,21H2,1H3. The summed E-state index contributed by atoms with van der Waals surface area (Å²) < 4.78 is 0. The minimum absolute atomic E-state index is 0.183. The van der Waals surface area contributed by atoms with E-state index in [0.29, 0.717) is 5.75 Å². The van der Waals surface area contributed by atoms with Gasteiger partial charge in [0, 0.05) is 5.56 Å². The first-order chi connectivity index (χ1) is 13.3. The molecule has 2 N–H and O–H groups in total. The Balaban J connectivity index is 1.37. The van der Waals surface area contributed by atoms with Gasteiger partial charge in [-0.3, -0.25) is 0 Å². The molecule has 1 aromatic rings. The lowest BCUT2D eigenvalue weighted by Crippen LogP contribution is -2.19. The van der Waals surface area contributed by atoms with Crippen LogP contribution in [0.3, 0.4) is 0 Å². The normalized spacial score (nSPS) is 15.4. The van der Waals surface area contributed by atoms with Crippen molar-refractivity contribution in [3.63, 3.8) is 0 Å². The number of phenols is 1. The second-order valence-electron chi connectivity index (χ2n) is 8.17. The molecule has 0 bridgehead atoms. The van der Waals surface area contributed by atoms with Gasteiger partial charge in [-0.15, -0.1) is 0 Å². The van der Waals surface area contributed by atoms with Gasteiger partial charge in [0.25, 0.3) is 0 Å². The molecule has 0 saturated carbocycles. The number of nitrogens with one attached hydrogen (secondary N) is 1. The lowest BCUT2D eigenvalue weighted by molar-refractivity contribution is 0.458. The van der Waals surface area contributed by atoms with Crippen molar-refractivity contribution in [1.29, 1.82) is 0 Å². The minimum atomic E-state index is 0.183. The van der Waals surface area contributed by atoms with Gasteiger partial charge in [-0.1, -0.05) is 115 Å². The number of aromatic hydroxyl groups is 1. The predicted octanol–water partition coefficient (Wildman–Crippen LogP) is 7.53. The van der Waals surface area contributed by atoms with Crippen LogP contribution in [0.25, 0.3) is 6.08 Å². The maximum Gasteiger partial charge on any atom is 0.121 e. The molecule has 1 aliphatic carbocycles. The zero-order valence-corrected chi connectivity index (χ0v) is 17.5. The molecular weight excluding hydrogens is 330 g/mol. The van der Waals surface area contributed by atoms with Crippen LogP contribution in [-0.2, 0) is 0 Å². The van der Waals surface area contributed by atoms with E-state index >= 15 is 0 Å². The van der Waals surface area contributed by atoms with Crippen molar-refractivity contribution in [2.24, 2.45) is 0 Å². The van der Waals surface area contributed by atoms with Crippen LogP contribution in [0.1, 0.15) is 114 Å². The molecule has 2 nitrogen and oxygen atoms in total. The summed E-state index contributed by atoms with van der Waals surface area (Å²) >= 11 is 0. The van der Waals surface area contributed by atoms with E-state index in [1.807, 2.05) is 6.07 Å². The summed E-state index contributed by atoms with van der Waals surface area (Å²) in [4.78, 5) is 0. The molecule has 0 fully saturated rings. The highest BCUT2D eigenvalue weighted by Crippen LogP contribution is 2.34. The number of benzene rings is 1. The van der Waals surface area contributed by atoms with Crippen molar-refractivity contribution in [1.82, 2.24) is 5.32 Å². The molecule has 1 aromatic carbocycles. The molecule has 0 saturated heterocycles. The second-order valence-corrected chi connectivity index (χ2v) is 8.17. The van der Waals surface area contributed by atoms with Gasteiger partial charge in [-0.05, 0) is 24.6 Å². The van der Waals surface area contributed by atoms with Gasteiger partial charge < -0.3 is 10.4 Å². The largest absolute Gasteiger partial charge is 0.508 e. The van der Waals surface area contributed by atoms with Gasteiger partial charge in [0.15, 0.2) is 0 Å². The number of phenolic OH excluding ortho intramolecular Hbond substituents is 1. The maximum atomic E-state index is 10.0. The minimum Gasteiger partial charge on any atom is -0.508 e. The first-order valence-electron chi connectivity index (χ1n) is 11.6. The topological polar surface area (TPSA) is 32.3 Å². The third kappa shape index (κ3) is 8.51. The van der Waals surface area contributed by atoms with Crippen molar-refractivity contribution >= 4 is 6.08 Å². The zero-order valence-electron chi connectivity index (χ0n) is 17.5. The van der Waals surface area contributed by atoms with Gasteiger partial charge in [-0.2, -0.15) is 0 Å². The Bertz CT molecular complexity index is 537. The number of fused-ring (bicyclic) bond motifs is 1. The molecule has 1 atom stereocenters. The van der Waals surface area contributed by atoms with Crippen molar-refractivity contribution in [3.05, 3.63) is 35.4 Å². The Labute approximate surface area is 167 Å².